The van der Waals surface area contributed by atoms with E-state index in [9.17, 15) is 19.2 Å². The van der Waals surface area contributed by atoms with Gasteiger partial charge in [0.25, 0.3) is 23.6 Å². The Kier molecular flexibility index (Phi) is 10.5. The second kappa shape index (κ2) is 15.4. The molecule has 0 bridgehead atoms. The van der Waals surface area contributed by atoms with Crippen molar-refractivity contribution in [2.24, 2.45) is 0 Å². The van der Waals surface area contributed by atoms with Crippen LogP contribution in [0.5, 0.6) is 0 Å². The van der Waals surface area contributed by atoms with Crippen LogP contribution in [0.4, 0.5) is 11.4 Å². The summed E-state index contributed by atoms with van der Waals surface area (Å²) < 4.78 is 11.0. The fraction of sp³-hybridized carbons (Fsp3) is 0.400. The van der Waals surface area contributed by atoms with Crippen LogP contribution in [0.25, 0.3) is 21.5 Å². The number of ether oxygens (including phenoxy) is 2. The molecule has 0 aliphatic carbocycles. The van der Waals surface area contributed by atoms with Crippen LogP contribution >= 0.6 is 0 Å². The SMILES string of the molecule is C.O=C1c2cccc3cc(N4CCOCC4)cc(c23)C(=O)N1CCNCCCNCCN1C(=O)c2cccc3cc(N4CCOCC4)cc(c23)C1=O. The second-order valence-electron chi connectivity index (χ2n) is 13.4. The number of nitrogens with one attached hydrogen (secondary N) is 2. The zero-order valence-electron chi connectivity index (χ0n) is 28.6. The number of nitrogens with zero attached hydrogens (tertiary/aromatic N) is 4. The van der Waals surface area contributed by atoms with Gasteiger partial charge in [0.15, 0.2) is 0 Å². The first-order valence-electron chi connectivity index (χ1n) is 17.9. The van der Waals surface area contributed by atoms with Crippen molar-refractivity contribution in [2.75, 3.05) is 102 Å². The van der Waals surface area contributed by atoms with Gasteiger partial charge in [-0.05, 0) is 66.7 Å². The van der Waals surface area contributed by atoms with Crippen LogP contribution in [0.2, 0.25) is 0 Å². The molecule has 2 saturated heterocycles. The number of morpholine rings is 2. The van der Waals surface area contributed by atoms with Gasteiger partial charge < -0.3 is 29.9 Å². The molecular weight excluding hydrogens is 660 g/mol. The van der Waals surface area contributed by atoms with E-state index >= 15 is 0 Å². The number of hydrogen-bond acceptors (Lipinski definition) is 10. The number of rotatable bonds is 12. The molecule has 12 nitrogen and oxygen atoms in total. The van der Waals surface area contributed by atoms with Crippen LogP contribution in [0, 0.1) is 0 Å². The number of benzene rings is 4. The van der Waals surface area contributed by atoms with Crippen LogP contribution < -0.4 is 20.4 Å². The zero-order valence-corrected chi connectivity index (χ0v) is 28.6. The average Bonchev–Trinajstić information content (AvgIpc) is 3.17. The third kappa shape index (κ3) is 6.63. The molecule has 4 aromatic rings. The predicted molar refractivity (Wildman–Crippen MR) is 202 cm³/mol. The molecule has 4 aromatic carbocycles. The van der Waals surface area contributed by atoms with Gasteiger partial charge in [-0.15, -0.1) is 0 Å². The summed E-state index contributed by atoms with van der Waals surface area (Å²) in [5, 5.41) is 9.96. The smallest absolute Gasteiger partial charge is 0.261 e. The Hall–Kier alpha value is -4.88. The molecule has 8 rings (SSSR count). The molecular formula is C40H46N6O6. The lowest BCUT2D eigenvalue weighted by molar-refractivity contribution is 0.0597. The first-order valence-corrected chi connectivity index (χ1v) is 17.9. The molecule has 2 N–H and O–H groups in total. The van der Waals surface area contributed by atoms with Gasteiger partial charge in [-0.3, -0.25) is 29.0 Å². The van der Waals surface area contributed by atoms with E-state index in [0.717, 1.165) is 65.5 Å². The van der Waals surface area contributed by atoms with E-state index in [1.165, 1.54) is 9.80 Å². The minimum absolute atomic E-state index is 0. The van der Waals surface area contributed by atoms with Gasteiger partial charge >= 0.3 is 0 Å². The molecule has 0 radical (unpaired) electrons. The van der Waals surface area contributed by atoms with Crippen LogP contribution in [-0.2, 0) is 9.47 Å². The largest absolute Gasteiger partial charge is 0.378 e. The van der Waals surface area contributed by atoms with Crippen molar-refractivity contribution in [2.45, 2.75) is 13.8 Å². The highest BCUT2D eigenvalue weighted by atomic mass is 16.5. The van der Waals surface area contributed by atoms with Crippen molar-refractivity contribution in [3.63, 3.8) is 0 Å². The number of carbonyl (C=O) groups excluding carboxylic acids is 4. The van der Waals surface area contributed by atoms with Gasteiger partial charge in [0.1, 0.15) is 0 Å². The second-order valence-corrected chi connectivity index (χ2v) is 13.4. The van der Waals surface area contributed by atoms with E-state index < -0.39 is 0 Å². The van der Waals surface area contributed by atoms with E-state index in [-0.39, 0.29) is 44.1 Å². The predicted octanol–water partition coefficient (Wildman–Crippen LogP) is 3.76. The summed E-state index contributed by atoms with van der Waals surface area (Å²) in [6, 6.07) is 19.2. The molecule has 0 saturated carbocycles. The normalized spacial score (nSPS) is 17.4. The average molecular weight is 707 g/mol. The standard InChI is InChI=1S/C39H42N6O6.CH4/c46-36-30-6-1-4-26-22-28(42-14-18-50-19-15-42)24-32(34(26)30)38(48)44(36)12-10-40-8-3-9-41-11-13-45-37(47)31-7-2-5-27-23-29(43-16-20-51-21-17-43)25-33(35(27)31)39(45)49;/h1-2,4-7,22-25,40-41H,3,8-21H2;1H4. The molecule has 0 atom stereocenters. The minimum atomic E-state index is -0.265. The third-order valence-electron chi connectivity index (χ3n) is 10.3. The van der Waals surface area contributed by atoms with Crippen molar-refractivity contribution in [3.05, 3.63) is 82.9 Å². The maximum atomic E-state index is 13.6. The molecule has 0 aromatic heterocycles. The first kappa shape index (κ1) is 35.5. The number of anilines is 2. The Morgan fingerprint density at radius 1 is 0.519 bits per heavy atom. The lowest BCUT2D eigenvalue weighted by Gasteiger charge is -2.32. The molecule has 4 amide bonds. The van der Waals surface area contributed by atoms with Crippen molar-refractivity contribution in [1.29, 1.82) is 0 Å². The Morgan fingerprint density at radius 2 is 0.923 bits per heavy atom. The Bertz CT molecular complexity index is 1880. The highest BCUT2D eigenvalue weighted by molar-refractivity contribution is 6.27. The quantitative estimate of drug-likeness (QED) is 0.166. The van der Waals surface area contributed by atoms with E-state index in [2.05, 4.69) is 32.6 Å². The Morgan fingerprint density at radius 3 is 1.35 bits per heavy atom. The topological polar surface area (TPSA) is 124 Å². The van der Waals surface area contributed by atoms with Crippen molar-refractivity contribution < 1.29 is 28.7 Å². The van der Waals surface area contributed by atoms with Gasteiger partial charge in [0.05, 0.1) is 37.6 Å². The molecule has 4 aliphatic heterocycles. The fourth-order valence-corrected chi connectivity index (χ4v) is 7.67. The van der Waals surface area contributed by atoms with Gasteiger partial charge in [0, 0.05) is 85.6 Å². The van der Waals surface area contributed by atoms with Crippen molar-refractivity contribution in [1.82, 2.24) is 20.4 Å². The van der Waals surface area contributed by atoms with Crippen LogP contribution in [0.3, 0.4) is 0 Å². The lowest BCUT2D eigenvalue weighted by Crippen LogP contribution is -2.44. The lowest BCUT2D eigenvalue weighted by atomic mass is 9.93. The van der Waals surface area contributed by atoms with E-state index in [0.29, 0.717) is 74.9 Å². The van der Waals surface area contributed by atoms with Gasteiger partial charge in [-0.2, -0.15) is 0 Å². The minimum Gasteiger partial charge on any atom is -0.378 e. The summed E-state index contributed by atoms with van der Waals surface area (Å²) >= 11 is 0. The van der Waals surface area contributed by atoms with E-state index in [1.54, 1.807) is 12.1 Å². The number of hydrogen-bond donors (Lipinski definition) is 2. The maximum absolute atomic E-state index is 13.6. The Balaban J connectivity index is 0.00000420. The number of amides is 4. The Labute approximate surface area is 303 Å². The van der Waals surface area contributed by atoms with Crippen LogP contribution in [0.15, 0.2) is 60.7 Å². The first-order chi connectivity index (χ1) is 25.0. The number of imide groups is 2. The molecule has 12 heteroatoms. The summed E-state index contributed by atoms with van der Waals surface area (Å²) in [6.45, 7) is 8.46. The van der Waals surface area contributed by atoms with E-state index in [4.69, 9.17) is 9.47 Å². The fourth-order valence-electron chi connectivity index (χ4n) is 7.67. The summed E-state index contributed by atoms with van der Waals surface area (Å²) in [4.78, 5) is 61.2. The monoisotopic (exact) mass is 706 g/mol. The van der Waals surface area contributed by atoms with Gasteiger partial charge in [0.2, 0.25) is 0 Å². The van der Waals surface area contributed by atoms with Crippen LogP contribution in [0.1, 0.15) is 55.3 Å². The molecule has 4 heterocycles. The molecule has 272 valence electrons. The summed E-state index contributed by atoms with van der Waals surface area (Å²) in [6.07, 6.45) is 0.792. The molecule has 52 heavy (non-hydrogen) atoms. The van der Waals surface area contributed by atoms with Crippen molar-refractivity contribution in [3.8, 4) is 0 Å². The maximum Gasteiger partial charge on any atom is 0.261 e. The summed E-state index contributed by atoms with van der Waals surface area (Å²) in [5.41, 5.74) is 4.20. The van der Waals surface area contributed by atoms with Gasteiger partial charge in [-0.25, -0.2) is 0 Å². The van der Waals surface area contributed by atoms with Crippen molar-refractivity contribution >= 4 is 56.5 Å². The highest BCUT2D eigenvalue weighted by Gasteiger charge is 2.35. The van der Waals surface area contributed by atoms with E-state index in [1.807, 2.05) is 36.4 Å². The third-order valence-corrected chi connectivity index (χ3v) is 10.3. The molecule has 0 spiro atoms. The molecule has 2 fully saturated rings. The summed E-state index contributed by atoms with van der Waals surface area (Å²) in [5.74, 6) is -1.06. The zero-order chi connectivity index (χ0) is 34.9. The summed E-state index contributed by atoms with van der Waals surface area (Å²) in [7, 11) is 0. The van der Waals surface area contributed by atoms with Gasteiger partial charge in [-0.1, -0.05) is 31.7 Å². The van der Waals surface area contributed by atoms with Crippen LogP contribution in [-0.4, -0.2) is 125 Å². The molecule has 4 aliphatic rings. The number of carbonyl (C=O) groups is 4. The molecule has 0 unspecified atom stereocenters. The highest BCUT2D eigenvalue weighted by Crippen LogP contribution is 2.35.